The first-order chi connectivity index (χ1) is 9.28. The van der Waals surface area contributed by atoms with Crippen LogP contribution >= 0.6 is 12.4 Å². The smallest absolute Gasteiger partial charge is 0.406 e. The molecular formula is C13H16ClF3N2O2. The van der Waals surface area contributed by atoms with Gasteiger partial charge in [-0.15, -0.1) is 25.6 Å². The minimum absolute atomic E-state index is 0. The van der Waals surface area contributed by atoms with Crippen LogP contribution in [0, 0.1) is 0 Å². The van der Waals surface area contributed by atoms with Gasteiger partial charge in [0.2, 0.25) is 5.91 Å². The van der Waals surface area contributed by atoms with E-state index in [9.17, 15) is 18.0 Å². The van der Waals surface area contributed by atoms with Crippen molar-refractivity contribution in [2.45, 2.75) is 37.6 Å². The average Bonchev–Trinajstić information content (AvgIpc) is 2.78. The predicted octanol–water partition coefficient (Wildman–Crippen LogP) is 3.22. The fourth-order valence-corrected chi connectivity index (χ4v) is 2.23. The summed E-state index contributed by atoms with van der Waals surface area (Å²) in [6.07, 6.45) is -1.68. The molecule has 0 aliphatic heterocycles. The third-order valence-corrected chi connectivity index (χ3v) is 3.29. The number of rotatable bonds is 3. The van der Waals surface area contributed by atoms with Crippen LogP contribution in [0.3, 0.4) is 0 Å². The van der Waals surface area contributed by atoms with E-state index in [0.29, 0.717) is 18.5 Å². The van der Waals surface area contributed by atoms with Gasteiger partial charge in [0.15, 0.2) is 0 Å². The van der Waals surface area contributed by atoms with E-state index in [1.807, 2.05) is 0 Å². The SMILES string of the molecule is Cl.NC1(C(=O)Nc2ccc(OC(F)(F)F)cc2)CCCC1. The highest BCUT2D eigenvalue weighted by molar-refractivity contribution is 5.98. The molecular weight excluding hydrogens is 309 g/mol. The summed E-state index contributed by atoms with van der Waals surface area (Å²) in [7, 11) is 0. The molecule has 1 saturated carbocycles. The van der Waals surface area contributed by atoms with Gasteiger partial charge in [-0.05, 0) is 37.1 Å². The molecule has 1 aromatic carbocycles. The molecule has 1 aliphatic carbocycles. The van der Waals surface area contributed by atoms with Gasteiger partial charge in [0, 0.05) is 5.69 Å². The molecule has 8 heteroatoms. The minimum Gasteiger partial charge on any atom is -0.406 e. The first-order valence-electron chi connectivity index (χ1n) is 6.25. The Morgan fingerprint density at radius 1 is 1.19 bits per heavy atom. The number of benzene rings is 1. The van der Waals surface area contributed by atoms with Crippen molar-refractivity contribution in [3.05, 3.63) is 24.3 Å². The van der Waals surface area contributed by atoms with Gasteiger partial charge in [-0.2, -0.15) is 0 Å². The molecule has 0 radical (unpaired) electrons. The number of amides is 1. The quantitative estimate of drug-likeness (QED) is 0.897. The fraction of sp³-hybridized carbons (Fsp3) is 0.462. The number of halogens is 4. The topological polar surface area (TPSA) is 64.4 Å². The van der Waals surface area contributed by atoms with Crippen molar-refractivity contribution in [2.75, 3.05) is 5.32 Å². The van der Waals surface area contributed by atoms with E-state index in [-0.39, 0.29) is 24.1 Å². The fourth-order valence-electron chi connectivity index (χ4n) is 2.23. The number of anilines is 1. The van der Waals surface area contributed by atoms with E-state index < -0.39 is 11.9 Å². The van der Waals surface area contributed by atoms with E-state index in [1.165, 1.54) is 12.1 Å². The van der Waals surface area contributed by atoms with E-state index in [2.05, 4.69) is 10.1 Å². The zero-order valence-corrected chi connectivity index (χ0v) is 11.9. The number of nitrogens with one attached hydrogen (secondary N) is 1. The third-order valence-electron chi connectivity index (χ3n) is 3.29. The number of hydrogen-bond acceptors (Lipinski definition) is 3. The summed E-state index contributed by atoms with van der Waals surface area (Å²) < 4.78 is 39.7. The number of nitrogens with two attached hydrogens (primary N) is 1. The van der Waals surface area contributed by atoms with Crippen LogP contribution < -0.4 is 15.8 Å². The number of alkyl halides is 3. The average molecular weight is 325 g/mol. The molecule has 21 heavy (non-hydrogen) atoms. The maximum absolute atomic E-state index is 12.0. The van der Waals surface area contributed by atoms with Crippen molar-refractivity contribution in [3.63, 3.8) is 0 Å². The predicted molar refractivity (Wildman–Crippen MR) is 74.4 cm³/mol. The molecule has 1 fully saturated rings. The maximum Gasteiger partial charge on any atom is 0.573 e. The molecule has 1 aliphatic rings. The Morgan fingerprint density at radius 3 is 2.19 bits per heavy atom. The van der Waals surface area contributed by atoms with Crippen molar-refractivity contribution < 1.29 is 22.7 Å². The van der Waals surface area contributed by atoms with Gasteiger partial charge in [-0.3, -0.25) is 4.79 Å². The minimum atomic E-state index is -4.73. The van der Waals surface area contributed by atoms with E-state index >= 15 is 0 Å². The van der Waals surface area contributed by atoms with Crippen molar-refractivity contribution in [2.24, 2.45) is 5.73 Å². The van der Waals surface area contributed by atoms with E-state index in [1.54, 1.807) is 0 Å². The molecule has 0 saturated heterocycles. The normalized spacial score (nSPS) is 17.0. The zero-order chi connectivity index (χ0) is 14.8. The second kappa shape index (κ2) is 6.53. The lowest BCUT2D eigenvalue weighted by Crippen LogP contribution is -2.48. The lowest BCUT2D eigenvalue weighted by molar-refractivity contribution is -0.274. The molecule has 4 nitrogen and oxygen atoms in total. The summed E-state index contributed by atoms with van der Waals surface area (Å²) in [6, 6.07) is 4.97. The molecule has 2 rings (SSSR count). The Labute approximate surface area is 126 Å². The Morgan fingerprint density at radius 2 is 1.71 bits per heavy atom. The highest BCUT2D eigenvalue weighted by atomic mass is 35.5. The summed E-state index contributed by atoms with van der Waals surface area (Å²) >= 11 is 0. The summed E-state index contributed by atoms with van der Waals surface area (Å²) in [5.41, 5.74) is 5.49. The zero-order valence-electron chi connectivity index (χ0n) is 11.1. The Hall–Kier alpha value is -1.47. The van der Waals surface area contributed by atoms with Crippen LogP contribution in [0.4, 0.5) is 18.9 Å². The molecule has 1 amide bonds. The third kappa shape index (κ3) is 4.78. The van der Waals surface area contributed by atoms with Crippen molar-refractivity contribution in [3.8, 4) is 5.75 Å². The van der Waals surface area contributed by atoms with Gasteiger partial charge >= 0.3 is 6.36 Å². The molecule has 3 N–H and O–H groups in total. The molecule has 118 valence electrons. The Balaban J connectivity index is 0.00000220. The summed E-state index contributed by atoms with van der Waals surface area (Å²) in [6.45, 7) is 0. The molecule has 0 heterocycles. The van der Waals surface area contributed by atoms with Crippen LogP contribution in [0.15, 0.2) is 24.3 Å². The van der Waals surface area contributed by atoms with Gasteiger partial charge in [0.05, 0.1) is 5.54 Å². The second-order valence-corrected chi connectivity index (χ2v) is 4.89. The van der Waals surface area contributed by atoms with Crippen molar-refractivity contribution in [1.29, 1.82) is 0 Å². The molecule has 0 atom stereocenters. The standard InChI is InChI=1S/C13H15F3N2O2.ClH/c14-13(15,16)20-10-5-3-9(4-6-10)18-11(19)12(17)7-1-2-8-12;/h3-6H,1-2,7-8,17H2,(H,18,19);1H. The van der Waals surface area contributed by atoms with Crippen molar-refractivity contribution >= 4 is 24.0 Å². The van der Waals surface area contributed by atoms with E-state index in [4.69, 9.17) is 5.73 Å². The molecule has 0 bridgehead atoms. The van der Waals surface area contributed by atoms with E-state index in [0.717, 1.165) is 25.0 Å². The van der Waals surface area contributed by atoms with Crippen LogP contribution in [0.5, 0.6) is 5.75 Å². The molecule has 0 spiro atoms. The number of ether oxygens (including phenoxy) is 1. The van der Waals surface area contributed by atoms with Crippen LogP contribution in [0.2, 0.25) is 0 Å². The Bertz CT molecular complexity index is 485. The number of hydrogen-bond donors (Lipinski definition) is 2. The van der Waals surface area contributed by atoms with Crippen molar-refractivity contribution in [1.82, 2.24) is 0 Å². The molecule has 0 aromatic heterocycles. The second-order valence-electron chi connectivity index (χ2n) is 4.89. The number of carbonyl (C=O) groups is 1. The first kappa shape index (κ1) is 17.6. The maximum atomic E-state index is 12.0. The van der Waals surface area contributed by atoms with Gasteiger partial charge < -0.3 is 15.8 Å². The highest BCUT2D eigenvalue weighted by Crippen LogP contribution is 2.29. The summed E-state index contributed by atoms with van der Waals surface area (Å²) in [5, 5.41) is 2.61. The van der Waals surface area contributed by atoms with Gasteiger partial charge in [0.25, 0.3) is 0 Å². The monoisotopic (exact) mass is 324 g/mol. The number of carbonyl (C=O) groups excluding carboxylic acids is 1. The van der Waals surface area contributed by atoms with Crippen LogP contribution in [0.25, 0.3) is 0 Å². The van der Waals surface area contributed by atoms with Gasteiger partial charge in [0.1, 0.15) is 5.75 Å². The lowest BCUT2D eigenvalue weighted by Gasteiger charge is -2.22. The van der Waals surface area contributed by atoms with Crippen LogP contribution in [0.1, 0.15) is 25.7 Å². The highest BCUT2D eigenvalue weighted by Gasteiger charge is 2.37. The molecule has 1 aromatic rings. The van der Waals surface area contributed by atoms with Crippen LogP contribution in [-0.4, -0.2) is 17.8 Å². The first-order valence-corrected chi connectivity index (χ1v) is 6.25. The summed E-state index contributed by atoms with van der Waals surface area (Å²) in [4.78, 5) is 12.0. The van der Waals surface area contributed by atoms with Crippen LogP contribution in [-0.2, 0) is 4.79 Å². The largest absolute Gasteiger partial charge is 0.573 e. The van der Waals surface area contributed by atoms with Gasteiger partial charge in [-0.1, -0.05) is 12.8 Å². The van der Waals surface area contributed by atoms with Gasteiger partial charge in [-0.25, -0.2) is 0 Å². The summed E-state index contributed by atoms with van der Waals surface area (Å²) in [5.74, 6) is -0.640. The lowest BCUT2D eigenvalue weighted by atomic mass is 9.98. The molecule has 0 unspecified atom stereocenters. The Kier molecular flexibility index (Phi) is 5.47.